The number of rotatable bonds is 8. The van der Waals surface area contributed by atoms with Gasteiger partial charge in [0.05, 0.1) is 0 Å². The Morgan fingerprint density at radius 2 is 1.60 bits per heavy atom. The first-order chi connectivity index (χ1) is 22.9. The quantitative estimate of drug-likeness (QED) is 0.372. The van der Waals surface area contributed by atoms with Gasteiger partial charge in [0.1, 0.15) is 6.04 Å². The summed E-state index contributed by atoms with van der Waals surface area (Å²) < 4.78 is 0. The number of aromatic nitrogens is 1. The Kier molecular flexibility index (Phi) is 10.2. The topological polar surface area (TPSA) is 101 Å². The summed E-state index contributed by atoms with van der Waals surface area (Å²) in [6.07, 6.45) is 8.11. The Labute approximate surface area is 278 Å². The molecule has 6 rings (SSSR count). The Morgan fingerprint density at radius 1 is 0.872 bits per heavy atom. The van der Waals surface area contributed by atoms with Crippen molar-refractivity contribution in [2.75, 3.05) is 56.0 Å². The number of likely N-dealkylation sites (tertiary alicyclic amines) is 1. The fraction of sp³-hybridized carbons (Fsp3) is 0.459. The third-order valence-electron chi connectivity index (χ3n) is 10.0. The van der Waals surface area contributed by atoms with Crippen LogP contribution in [0.15, 0.2) is 67.0 Å². The van der Waals surface area contributed by atoms with E-state index in [1.54, 1.807) is 17.3 Å². The van der Waals surface area contributed by atoms with E-state index in [9.17, 15) is 14.4 Å². The van der Waals surface area contributed by atoms with E-state index < -0.39 is 6.04 Å². The predicted octanol–water partition coefficient (Wildman–Crippen LogP) is 4.73. The molecule has 3 aliphatic heterocycles. The van der Waals surface area contributed by atoms with Crippen LogP contribution in [0.3, 0.4) is 0 Å². The Hall–Kier alpha value is -4.60. The van der Waals surface area contributed by atoms with Gasteiger partial charge in [-0.25, -0.2) is 9.59 Å². The number of amides is 5. The highest BCUT2D eigenvalue weighted by Gasteiger charge is 2.34. The number of carbonyl (C=O) groups is 3. The summed E-state index contributed by atoms with van der Waals surface area (Å²) in [7, 11) is 0. The molecule has 1 aromatic heterocycles. The van der Waals surface area contributed by atoms with Crippen LogP contribution in [0.5, 0.6) is 0 Å². The first-order valence-corrected chi connectivity index (χ1v) is 17.2. The van der Waals surface area contributed by atoms with Crippen LogP contribution >= 0.6 is 0 Å². The number of anilines is 2. The first-order valence-electron chi connectivity index (χ1n) is 17.2. The van der Waals surface area contributed by atoms with Gasteiger partial charge in [-0.05, 0) is 72.6 Å². The molecule has 0 unspecified atom stereocenters. The number of para-hydroxylation sites is 1. The monoisotopic (exact) mass is 637 g/mol. The van der Waals surface area contributed by atoms with E-state index in [0.29, 0.717) is 52.0 Å². The van der Waals surface area contributed by atoms with Crippen molar-refractivity contribution in [1.82, 2.24) is 25.0 Å². The molecule has 2 saturated heterocycles. The zero-order chi connectivity index (χ0) is 32.8. The van der Waals surface area contributed by atoms with E-state index in [-0.39, 0.29) is 24.0 Å². The Balaban J connectivity index is 1.10. The normalized spacial score (nSPS) is 17.9. The highest BCUT2D eigenvalue weighted by Crippen LogP contribution is 2.25. The standard InChI is InChI=1S/C37H47N7O3/c1-3-28-10-9-27(25-29(28)4-2)26-34(35(45)42-23-21-41(22-24-42)31-11-16-38-17-12-31)40-36(46)43-18-14-32(15-19-43)44-20-13-30-7-5-6-8-33(30)39-37(44)47/h5-12,16-17,25,32,34H,3-4,13-15,18-24,26H2,1-2H3,(H,39,47)(H,40,46)/t34-/m1/s1. The number of urea groups is 2. The number of benzene rings is 2. The molecule has 10 heteroatoms. The molecule has 0 saturated carbocycles. The van der Waals surface area contributed by atoms with Crippen LogP contribution in [0.1, 0.15) is 48.9 Å². The van der Waals surface area contributed by atoms with Crippen molar-refractivity contribution in [2.45, 2.75) is 64.5 Å². The van der Waals surface area contributed by atoms with E-state index in [2.05, 4.69) is 58.6 Å². The van der Waals surface area contributed by atoms with Gasteiger partial charge in [-0.1, -0.05) is 50.2 Å². The van der Waals surface area contributed by atoms with E-state index in [4.69, 9.17) is 0 Å². The van der Waals surface area contributed by atoms with Crippen LogP contribution in [0, 0.1) is 0 Å². The molecule has 248 valence electrons. The van der Waals surface area contributed by atoms with E-state index in [1.165, 1.54) is 11.1 Å². The van der Waals surface area contributed by atoms with Gasteiger partial charge in [0, 0.05) is 82.0 Å². The first kappa shape index (κ1) is 32.3. The fourth-order valence-corrected chi connectivity index (χ4v) is 7.24. The maximum absolute atomic E-state index is 14.1. The summed E-state index contributed by atoms with van der Waals surface area (Å²) in [4.78, 5) is 52.9. The van der Waals surface area contributed by atoms with Crippen LogP contribution in [0.4, 0.5) is 21.0 Å². The lowest BCUT2D eigenvalue weighted by Gasteiger charge is -2.39. The van der Waals surface area contributed by atoms with Crippen LogP contribution in [-0.4, -0.2) is 95.6 Å². The Morgan fingerprint density at radius 3 is 2.32 bits per heavy atom. The van der Waals surface area contributed by atoms with Gasteiger partial charge in [-0.15, -0.1) is 0 Å². The SMILES string of the molecule is CCc1ccc(C[C@@H](NC(=O)N2CCC(N3CCc4ccccc4NC3=O)CC2)C(=O)N2CCN(c3ccncc3)CC2)cc1CC. The molecule has 0 bridgehead atoms. The lowest BCUT2D eigenvalue weighted by atomic mass is 9.96. The number of nitrogens with one attached hydrogen (secondary N) is 2. The summed E-state index contributed by atoms with van der Waals surface area (Å²) in [6.45, 7) is 8.67. The lowest BCUT2D eigenvalue weighted by molar-refractivity contribution is -0.133. The van der Waals surface area contributed by atoms with Gasteiger partial charge in [0.15, 0.2) is 0 Å². The van der Waals surface area contributed by atoms with Crippen molar-refractivity contribution in [3.05, 3.63) is 89.2 Å². The maximum Gasteiger partial charge on any atom is 0.322 e. The Bertz CT molecular complexity index is 1550. The molecule has 0 aliphatic carbocycles. The van der Waals surface area contributed by atoms with Gasteiger partial charge in [0.2, 0.25) is 5.91 Å². The van der Waals surface area contributed by atoms with Gasteiger partial charge in [-0.3, -0.25) is 9.78 Å². The number of hydrogen-bond donors (Lipinski definition) is 2. The predicted molar refractivity (Wildman–Crippen MR) is 185 cm³/mol. The smallest absolute Gasteiger partial charge is 0.322 e. The van der Waals surface area contributed by atoms with Crippen molar-refractivity contribution in [3.8, 4) is 0 Å². The van der Waals surface area contributed by atoms with Crippen molar-refractivity contribution in [2.24, 2.45) is 0 Å². The third kappa shape index (κ3) is 7.53. The van der Waals surface area contributed by atoms with Crippen molar-refractivity contribution in [1.29, 1.82) is 0 Å². The van der Waals surface area contributed by atoms with E-state index >= 15 is 0 Å². The average Bonchev–Trinajstić information content (AvgIpc) is 3.29. The molecular formula is C37H47N7O3. The number of carbonyl (C=O) groups excluding carboxylic acids is 3. The second-order valence-electron chi connectivity index (χ2n) is 12.8. The zero-order valence-electron chi connectivity index (χ0n) is 27.7. The molecule has 5 amide bonds. The summed E-state index contributed by atoms with van der Waals surface area (Å²) in [6, 6.07) is 17.5. The second-order valence-corrected chi connectivity index (χ2v) is 12.8. The minimum atomic E-state index is -0.667. The molecule has 2 fully saturated rings. The summed E-state index contributed by atoms with van der Waals surface area (Å²) in [5, 5.41) is 6.22. The van der Waals surface area contributed by atoms with E-state index in [1.807, 2.05) is 40.1 Å². The van der Waals surface area contributed by atoms with Crippen LogP contribution in [-0.2, 0) is 30.5 Å². The molecule has 2 aromatic carbocycles. The number of fused-ring (bicyclic) bond motifs is 1. The van der Waals surface area contributed by atoms with Crippen molar-refractivity contribution < 1.29 is 14.4 Å². The lowest BCUT2D eigenvalue weighted by Crippen LogP contribution is -2.58. The zero-order valence-corrected chi connectivity index (χ0v) is 27.7. The van der Waals surface area contributed by atoms with Gasteiger partial charge >= 0.3 is 12.1 Å². The fourth-order valence-electron chi connectivity index (χ4n) is 7.24. The number of hydrogen-bond acceptors (Lipinski definition) is 5. The molecule has 47 heavy (non-hydrogen) atoms. The van der Waals surface area contributed by atoms with Gasteiger partial charge in [0.25, 0.3) is 0 Å². The van der Waals surface area contributed by atoms with E-state index in [0.717, 1.165) is 54.9 Å². The maximum atomic E-state index is 14.1. The van der Waals surface area contributed by atoms with Crippen LogP contribution in [0.2, 0.25) is 0 Å². The molecule has 0 spiro atoms. The van der Waals surface area contributed by atoms with Crippen molar-refractivity contribution >= 4 is 29.3 Å². The van der Waals surface area contributed by atoms with Gasteiger partial charge < -0.3 is 30.2 Å². The summed E-state index contributed by atoms with van der Waals surface area (Å²) >= 11 is 0. The third-order valence-corrected chi connectivity index (χ3v) is 10.0. The number of piperazine rings is 1. The summed E-state index contributed by atoms with van der Waals surface area (Å²) in [5.41, 5.74) is 6.79. The number of pyridine rings is 1. The summed E-state index contributed by atoms with van der Waals surface area (Å²) in [5.74, 6) is -0.0407. The molecule has 3 aromatic rings. The average molecular weight is 638 g/mol. The largest absolute Gasteiger partial charge is 0.368 e. The molecular weight excluding hydrogens is 590 g/mol. The van der Waals surface area contributed by atoms with Crippen LogP contribution < -0.4 is 15.5 Å². The number of nitrogens with zero attached hydrogens (tertiary/aromatic N) is 5. The minimum absolute atomic E-state index is 0.0407. The number of aryl methyl sites for hydroxylation is 2. The highest BCUT2D eigenvalue weighted by atomic mass is 16.2. The highest BCUT2D eigenvalue weighted by molar-refractivity contribution is 5.91. The second kappa shape index (κ2) is 14.9. The van der Waals surface area contributed by atoms with Gasteiger partial charge in [-0.2, -0.15) is 0 Å². The van der Waals surface area contributed by atoms with Crippen LogP contribution in [0.25, 0.3) is 0 Å². The molecule has 0 radical (unpaired) electrons. The molecule has 2 N–H and O–H groups in total. The van der Waals surface area contributed by atoms with Crippen molar-refractivity contribution in [3.63, 3.8) is 0 Å². The molecule has 10 nitrogen and oxygen atoms in total. The molecule has 3 aliphatic rings. The minimum Gasteiger partial charge on any atom is -0.368 e. The molecule has 1 atom stereocenters. The molecule has 4 heterocycles. The number of piperidine rings is 1.